The van der Waals surface area contributed by atoms with Gasteiger partial charge < -0.3 is 19.2 Å². The van der Waals surface area contributed by atoms with E-state index < -0.39 is 10.7 Å². The number of oxazole rings is 1. The highest BCUT2D eigenvalue weighted by Crippen LogP contribution is 2.29. The van der Waals surface area contributed by atoms with E-state index in [0.717, 1.165) is 5.56 Å². The molecule has 1 N–H and O–H groups in total. The number of nitro groups is 1. The first kappa shape index (κ1) is 21.9. The van der Waals surface area contributed by atoms with Crippen LogP contribution in [0, 0.1) is 10.1 Å². The molecule has 0 saturated heterocycles. The van der Waals surface area contributed by atoms with Crippen LogP contribution in [0.5, 0.6) is 11.5 Å². The van der Waals surface area contributed by atoms with Crippen molar-refractivity contribution in [1.29, 1.82) is 0 Å². The fourth-order valence-corrected chi connectivity index (χ4v) is 3.35. The first-order valence-corrected chi connectivity index (χ1v) is 9.63. The molecular formula is C21H23N3O7. The summed E-state index contributed by atoms with van der Waals surface area (Å²) in [6.45, 7) is 2.09. The molecule has 1 atom stereocenters. The Bertz CT molecular complexity index is 1170. The smallest absolute Gasteiger partial charge is 0.419 e. The second-order valence-corrected chi connectivity index (χ2v) is 6.93. The Labute approximate surface area is 177 Å². The lowest BCUT2D eigenvalue weighted by Gasteiger charge is -2.18. The molecule has 0 fully saturated rings. The number of methoxy groups -OCH3 is 2. The van der Waals surface area contributed by atoms with Crippen LogP contribution in [0.4, 0.5) is 5.69 Å². The van der Waals surface area contributed by atoms with Gasteiger partial charge in [-0.3, -0.25) is 19.5 Å². The Morgan fingerprint density at radius 3 is 2.68 bits per heavy atom. The summed E-state index contributed by atoms with van der Waals surface area (Å²) in [6.07, 6.45) is 0.571. The number of hydrogen-bond acceptors (Lipinski definition) is 7. The number of non-ortho nitro benzene ring substituents is 1. The van der Waals surface area contributed by atoms with Crippen molar-refractivity contribution in [2.45, 2.75) is 32.4 Å². The monoisotopic (exact) mass is 429 g/mol. The van der Waals surface area contributed by atoms with Gasteiger partial charge in [0.1, 0.15) is 11.5 Å². The maximum atomic E-state index is 12.4. The number of ether oxygens (including phenoxy) is 2. The maximum absolute atomic E-state index is 12.4. The molecule has 3 rings (SSSR count). The number of aromatic nitrogens is 1. The van der Waals surface area contributed by atoms with Crippen LogP contribution in [0.3, 0.4) is 0 Å². The average molecular weight is 429 g/mol. The topological polar surface area (TPSA) is 126 Å². The summed E-state index contributed by atoms with van der Waals surface area (Å²) in [6, 6.07) is 9.04. The Morgan fingerprint density at radius 2 is 2.00 bits per heavy atom. The molecule has 0 bridgehead atoms. The SMILES string of the molecule is COc1ccc(OC)c(C(C)NC(=O)CCCn2c(=O)oc3cc([N+](=O)[O-])ccc32)c1. The average Bonchev–Trinajstić information content (AvgIpc) is 3.07. The molecule has 3 aromatic rings. The number of fused-ring (bicyclic) bond motifs is 1. The van der Waals surface area contributed by atoms with Gasteiger partial charge in [0.05, 0.1) is 36.8 Å². The maximum Gasteiger partial charge on any atom is 0.419 e. The molecule has 10 nitrogen and oxygen atoms in total. The molecule has 10 heteroatoms. The second-order valence-electron chi connectivity index (χ2n) is 6.93. The molecule has 1 heterocycles. The van der Waals surface area contributed by atoms with Crippen molar-refractivity contribution in [1.82, 2.24) is 9.88 Å². The first-order chi connectivity index (χ1) is 14.8. The van der Waals surface area contributed by atoms with Crippen molar-refractivity contribution in [3.8, 4) is 11.5 Å². The van der Waals surface area contributed by atoms with Gasteiger partial charge in [-0.2, -0.15) is 0 Å². The lowest BCUT2D eigenvalue weighted by Crippen LogP contribution is -2.27. The van der Waals surface area contributed by atoms with Crippen molar-refractivity contribution in [2.75, 3.05) is 14.2 Å². The minimum atomic E-state index is -0.620. The fourth-order valence-electron chi connectivity index (χ4n) is 3.35. The minimum absolute atomic E-state index is 0.141. The van der Waals surface area contributed by atoms with Gasteiger partial charge in [-0.1, -0.05) is 0 Å². The third-order valence-electron chi connectivity index (χ3n) is 4.93. The predicted octanol–water partition coefficient (Wildman–Crippen LogP) is 3.18. The van der Waals surface area contributed by atoms with Gasteiger partial charge in [-0.15, -0.1) is 0 Å². The summed E-state index contributed by atoms with van der Waals surface area (Å²) in [7, 11) is 3.12. The third-order valence-corrected chi connectivity index (χ3v) is 4.93. The van der Waals surface area contributed by atoms with Crippen LogP contribution in [0.25, 0.3) is 11.1 Å². The zero-order valence-corrected chi connectivity index (χ0v) is 17.4. The quantitative estimate of drug-likeness (QED) is 0.409. The van der Waals surface area contributed by atoms with E-state index in [1.807, 2.05) is 6.92 Å². The number of amides is 1. The molecule has 1 aromatic heterocycles. The lowest BCUT2D eigenvalue weighted by atomic mass is 10.1. The fraction of sp³-hybridized carbons (Fsp3) is 0.333. The van der Waals surface area contributed by atoms with Crippen molar-refractivity contribution < 1.29 is 23.6 Å². The normalized spacial score (nSPS) is 11.8. The molecule has 1 unspecified atom stereocenters. The van der Waals surface area contributed by atoms with E-state index >= 15 is 0 Å². The number of carbonyl (C=O) groups excluding carboxylic acids is 1. The number of rotatable bonds is 9. The predicted molar refractivity (Wildman–Crippen MR) is 112 cm³/mol. The second kappa shape index (κ2) is 9.33. The molecule has 164 valence electrons. The molecule has 1 amide bonds. The molecule has 0 saturated carbocycles. The highest BCUT2D eigenvalue weighted by atomic mass is 16.6. The van der Waals surface area contributed by atoms with Crippen LogP contribution in [-0.4, -0.2) is 29.6 Å². The van der Waals surface area contributed by atoms with Crippen molar-refractivity contribution >= 4 is 22.7 Å². The standard InChI is InChI=1S/C21H23N3O7/c1-13(16-12-15(29-2)7-9-18(16)30-3)22-20(25)5-4-10-23-17-8-6-14(24(27)28)11-19(17)31-21(23)26/h6-9,11-13H,4-5,10H2,1-3H3,(H,22,25). The number of nitrogens with zero attached hydrogens (tertiary/aromatic N) is 2. The largest absolute Gasteiger partial charge is 0.497 e. The van der Waals surface area contributed by atoms with Crippen LogP contribution in [-0.2, 0) is 11.3 Å². The molecule has 0 aliphatic carbocycles. The van der Waals surface area contributed by atoms with Crippen molar-refractivity contribution in [3.05, 3.63) is 62.6 Å². The summed E-state index contributed by atoms with van der Waals surface area (Å²) < 4.78 is 17.0. The molecule has 2 aromatic carbocycles. The van der Waals surface area contributed by atoms with Gasteiger partial charge >= 0.3 is 5.76 Å². The summed E-state index contributed by atoms with van der Waals surface area (Å²) in [4.78, 5) is 34.8. The Kier molecular flexibility index (Phi) is 6.58. The van der Waals surface area contributed by atoms with Gasteiger partial charge in [0.25, 0.3) is 5.69 Å². The Balaban J connectivity index is 1.63. The van der Waals surface area contributed by atoms with E-state index in [1.54, 1.807) is 32.4 Å². The molecule has 0 aliphatic heterocycles. The number of hydrogen-bond donors (Lipinski definition) is 1. The van der Waals surface area contributed by atoms with Crippen LogP contribution in [0.15, 0.2) is 45.6 Å². The molecular weight excluding hydrogens is 406 g/mol. The number of nitrogens with one attached hydrogen (secondary N) is 1. The Hall–Kier alpha value is -3.82. The van der Waals surface area contributed by atoms with Crippen LogP contribution in [0.1, 0.15) is 31.4 Å². The summed E-state index contributed by atoms with van der Waals surface area (Å²) >= 11 is 0. The highest BCUT2D eigenvalue weighted by molar-refractivity contribution is 5.77. The van der Waals surface area contributed by atoms with E-state index in [2.05, 4.69) is 5.32 Å². The van der Waals surface area contributed by atoms with Gasteiger partial charge in [0.2, 0.25) is 5.91 Å². The van der Waals surface area contributed by atoms with Gasteiger partial charge in [0.15, 0.2) is 5.58 Å². The molecule has 0 radical (unpaired) electrons. The van der Waals surface area contributed by atoms with E-state index in [4.69, 9.17) is 13.9 Å². The zero-order chi connectivity index (χ0) is 22.5. The molecule has 0 aliphatic rings. The summed E-state index contributed by atoms with van der Waals surface area (Å²) in [5, 5.41) is 13.8. The van der Waals surface area contributed by atoms with E-state index in [9.17, 15) is 19.7 Å². The molecule has 0 spiro atoms. The summed E-state index contributed by atoms with van der Waals surface area (Å²) in [5.74, 6) is 0.488. The number of aryl methyl sites for hydroxylation is 1. The number of nitro benzene ring substituents is 1. The van der Waals surface area contributed by atoms with E-state index in [1.165, 1.54) is 22.8 Å². The lowest BCUT2D eigenvalue weighted by molar-refractivity contribution is -0.384. The van der Waals surface area contributed by atoms with Crippen molar-refractivity contribution in [2.24, 2.45) is 0 Å². The van der Waals surface area contributed by atoms with Crippen LogP contribution >= 0.6 is 0 Å². The van der Waals surface area contributed by atoms with Gasteiger partial charge in [-0.25, -0.2) is 4.79 Å². The van der Waals surface area contributed by atoms with E-state index in [0.29, 0.717) is 23.4 Å². The first-order valence-electron chi connectivity index (χ1n) is 9.63. The number of carbonyl (C=O) groups is 1. The van der Waals surface area contributed by atoms with Gasteiger partial charge in [-0.05, 0) is 37.6 Å². The van der Waals surface area contributed by atoms with Crippen molar-refractivity contribution in [3.63, 3.8) is 0 Å². The van der Waals surface area contributed by atoms with E-state index in [-0.39, 0.29) is 36.2 Å². The summed E-state index contributed by atoms with van der Waals surface area (Å²) in [5.41, 5.74) is 1.22. The zero-order valence-electron chi connectivity index (χ0n) is 17.4. The Morgan fingerprint density at radius 1 is 1.23 bits per heavy atom. The molecule has 31 heavy (non-hydrogen) atoms. The van der Waals surface area contributed by atoms with Crippen LogP contribution in [0.2, 0.25) is 0 Å². The number of benzene rings is 2. The minimum Gasteiger partial charge on any atom is -0.497 e. The van der Waals surface area contributed by atoms with Gasteiger partial charge in [0, 0.05) is 24.6 Å². The van der Waals surface area contributed by atoms with Crippen LogP contribution < -0.4 is 20.5 Å². The highest BCUT2D eigenvalue weighted by Gasteiger charge is 2.17. The third kappa shape index (κ3) is 4.85.